The third kappa shape index (κ3) is 5.64. The second-order valence-electron chi connectivity index (χ2n) is 23.3. The first kappa shape index (κ1) is 40.9. The molecule has 68 heavy (non-hydrogen) atoms. The molecule has 0 saturated heterocycles. The number of aromatic nitrogens is 1. The molecule has 332 valence electrons. The highest BCUT2D eigenvalue weighted by Gasteiger charge is 2.39. The van der Waals surface area contributed by atoms with E-state index in [1.54, 1.807) is 0 Å². The summed E-state index contributed by atoms with van der Waals surface area (Å²) in [5.41, 5.74) is 21.8. The number of fused-ring (bicyclic) bond motifs is 15. The van der Waals surface area contributed by atoms with Crippen LogP contribution in [0.2, 0.25) is 0 Å². The summed E-state index contributed by atoms with van der Waals surface area (Å²) >= 11 is 3.87. The van der Waals surface area contributed by atoms with Gasteiger partial charge < -0.3 is 9.88 Å². The first-order valence-electron chi connectivity index (χ1n) is 24.7. The zero-order chi connectivity index (χ0) is 46.4. The summed E-state index contributed by atoms with van der Waals surface area (Å²) in [5.74, 6) is 0. The van der Waals surface area contributed by atoms with Crippen molar-refractivity contribution >= 4 is 114 Å². The van der Waals surface area contributed by atoms with Crippen LogP contribution in [0.5, 0.6) is 0 Å². The molecule has 2 nitrogen and oxygen atoms in total. The van der Waals surface area contributed by atoms with Crippen LogP contribution in [0.4, 0.5) is 11.4 Å². The lowest BCUT2D eigenvalue weighted by molar-refractivity contribution is 0.332. The molecular formula is C63H55BN2S2. The molecule has 0 fully saturated rings. The Hall–Kier alpha value is -6.14. The van der Waals surface area contributed by atoms with Crippen molar-refractivity contribution in [3.63, 3.8) is 0 Å². The molecule has 0 radical (unpaired) electrons. The molecule has 2 aliphatic carbocycles. The minimum absolute atomic E-state index is 0.0783. The van der Waals surface area contributed by atoms with Gasteiger partial charge in [0.1, 0.15) is 0 Å². The fourth-order valence-corrected chi connectivity index (χ4v) is 15.1. The molecule has 3 aliphatic rings. The van der Waals surface area contributed by atoms with Crippen molar-refractivity contribution in [3.8, 4) is 27.9 Å². The highest BCUT2D eigenvalue weighted by molar-refractivity contribution is 7.26. The van der Waals surface area contributed by atoms with Crippen LogP contribution in [-0.2, 0) is 21.7 Å². The molecule has 11 aromatic rings. The Balaban J connectivity index is 1.06. The first-order chi connectivity index (χ1) is 32.5. The summed E-state index contributed by atoms with van der Waals surface area (Å²) in [6.07, 6.45) is 2.41. The second-order valence-corrected chi connectivity index (χ2v) is 25.4. The van der Waals surface area contributed by atoms with Gasteiger partial charge in [0.15, 0.2) is 7.28 Å². The number of nitrogens with zero attached hydrogens (tertiary/aromatic N) is 1. The summed E-state index contributed by atoms with van der Waals surface area (Å²) in [4.78, 5) is 0. The zero-order valence-electron chi connectivity index (χ0n) is 40.6. The molecule has 0 atom stereocenters. The molecular weight excluding hydrogens is 860 g/mol. The van der Waals surface area contributed by atoms with Gasteiger partial charge in [0, 0.05) is 84.7 Å². The molecule has 4 heterocycles. The molecule has 0 spiro atoms. The van der Waals surface area contributed by atoms with Crippen LogP contribution >= 0.6 is 22.7 Å². The number of thiophene rings is 2. The quantitative estimate of drug-likeness (QED) is 0.175. The maximum absolute atomic E-state index is 4.04. The van der Waals surface area contributed by atoms with Gasteiger partial charge in [-0.2, -0.15) is 0 Å². The van der Waals surface area contributed by atoms with E-state index in [-0.39, 0.29) is 21.7 Å². The summed E-state index contributed by atoms with van der Waals surface area (Å²) in [5, 5.41) is 12.1. The Morgan fingerprint density at radius 1 is 0.515 bits per heavy atom. The third-order valence-corrected chi connectivity index (χ3v) is 19.1. The van der Waals surface area contributed by atoms with E-state index in [1.165, 1.54) is 142 Å². The van der Waals surface area contributed by atoms with E-state index >= 15 is 0 Å². The zero-order valence-corrected chi connectivity index (χ0v) is 42.2. The predicted molar refractivity (Wildman–Crippen MR) is 300 cm³/mol. The van der Waals surface area contributed by atoms with E-state index in [0.717, 1.165) is 18.7 Å². The maximum atomic E-state index is 4.04. The summed E-state index contributed by atoms with van der Waals surface area (Å²) in [7, 11) is 0.852. The topological polar surface area (TPSA) is 17.0 Å². The molecule has 14 rings (SSSR count). The Kier molecular flexibility index (Phi) is 8.15. The second kappa shape index (κ2) is 13.6. The fraction of sp³-hybridized carbons (Fsp3) is 0.238. The van der Waals surface area contributed by atoms with Crippen molar-refractivity contribution in [2.24, 2.45) is 0 Å². The monoisotopic (exact) mass is 914 g/mol. The highest BCUT2D eigenvalue weighted by atomic mass is 32.1. The smallest absolute Gasteiger partial charge is 0.198 e. The number of hydrogen-bond acceptors (Lipinski definition) is 3. The molecule has 0 saturated carbocycles. The van der Waals surface area contributed by atoms with Crippen LogP contribution in [0, 0.1) is 0 Å². The molecule has 1 aliphatic heterocycles. The molecule has 0 bridgehead atoms. The molecule has 0 amide bonds. The van der Waals surface area contributed by atoms with E-state index in [2.05, 4.69) is 206 Å². The molecule has 1 N–H and O–H groups in total. The van der Waals surface area contributed by atoms with Gasteiger partial charge in [-0.05, 0) is 140 Å². The molecule has 3 aromatic heterocycles. The largest absolute Gasteiger partial charge is 0.355 e. The number of hydrogen-bond donors (Lipinski definition) is 1. The van der Waals surface area contributed by atoms with Crippen molar-refractivity contribution in [2.75, 3.05) is 5.32 Å². The Morgan fingerprint density at radius 3 is 1.99 bits per heavy atom. The van der Waals surface area contributed by atoms with Gasteiger partial charge in [0.2, 0.25) is 0 Å². The fourth-order valence-electron chi connectivity index (χ4n) is 12.8. The van der Waals surface area contributed by atoms with E-state index in [0.29, 0.717) is 0 Å². The standard InChI is InChI=1S/C63H55BN2S2/c1-60(2,3)34-18-20-35(21-19-34)65-51-32-56-44(45-28-48-49(31-55(45)68-56)62(6,7)25-24-61(48,4)5)26-41(51)38-22-23-39-42-27-43-37-15-11-13-17-54(37)67-57(43)33-52(42)66-53-30-47-40(29-50(53)64-58(38)59(39)66)36-14-10-12-16-46(36)63(47,8)9/h10-23,26-33,64-65H,24-25H2,1-9H3. The summed E-state index contributed by atoms with van der Waals surface area (Å²) in [6.45, 7) is 21.5. The van der Waals surface area contributed by atoms with E-state index < -0.39 is 0 Å². The number of anilines is 2. The lowest BCUT2D eigenvalue weighted by Crippen LogP contribution is -2.37. The number of benzene rings is 8. The van der Waals surface area contributed by atoms with Gasteiger partial charge in [-0.25, -0.2) is 0 Å². The summed E-state index contributed by atoms with van der Waals surface area (Å²) in [6, 6.07) is 52.4. The Labute approximate surface area is 407 Å². The van der Waals surface area contributed by atoms with Gasteiger partial charge in [0.25, 0.3) is 0 Å². The first-order valence-corrected chi connectivity index (χ1v) is 26.3. The van der Waals surface area contributed by atoms with Crippen molar-refractivity contribution in [1.29, 1.82) is 0 Å². The van der Waals surface area contributed by atoms with E-state index in [9.17, 15) is 0 Å². The van der Waals surface area contributed by atoms with Gasteiger partial charge in [-0.3, -0.25) is 0 Å². The van der Waals surface area contributed by atoms with Gasteiger partial charge in [0.05, 0.1) is 5.52 Å². The lowest BCUT2D eigenvalue weighted by Gasteiger charge is -2.41. The SMILES string of the molecule is CC(C)(C)c1ccc(Nc2cc3sc4cc5c(cc4c3cc2-c2ccc3c4cc6c(cc4n4c3c2Bc2cc3c(cc2-4)C(C)(C)c2ccccc2-3)sc2ccccc26)C(C)(C)CCC5(C)C)cc1. The predicted octanol–water partition coefficient (Wildman–Crippen LogP) is 16.6. The van der Waals surface area contributed by atoms with E-state index in [4.69, 9.17) is 0 Å². The summed E-state index contributed by atoms with van der Waals surface area (Å²) < 4.78 is 8.06. The maximum Gasteiger partial charge on any atom is 0.198 e. The van der Waals surface area contributed by atoms with Gasteiger partial charge in [-0.15, -0.1) is 22.7 Å². The Morgan fingerprint density at radius 2 is 1.19 bits per heavy atom. The average Bonchev–Trinajstić information content (AvgIpc) is 4.02. The molecule has 5 heteroatoms. The number of rotatable bonds is 3. The van der Waals surface area contributed by atoms with Crippen LogP contribution in [-0.4, -0.2) is 11.8 Å². The third-order valence-electron chi connectivity index (χ3n) is 16.8. The number of nitrogens with one attached hydrogen (secondary N) is 1. The normalized spacial score (nSPS) is 16.4. The van der Waals surface area contributed by atoms with Gasteiger partial charge in [-0.1, -0.05) is 141 Å². The van der Waals surface area contributed by atoms with Crippen molar-refractivity contribution in [2.45, 2.75) is 96.8 Å². The van der Waals surface area contributed by atoms with Gasteiger partial charge >= 0.3 is 0 Å². The van der Waals surface area contributed by atoms with Crippen LogP contribution < -0.4 is 16.2 Å². The van der Waals surface area contributed by atoms with Crippen molar-refractivity contribution in [3.05, 3.63) is 161 Å². The van der Waals surface area contributed by atoms with Crippen LogP contribution in [0.15, 0.2) is 133 Å². The van der Waals surface area contributed by atoms with Crippen LogP contribution in [0.25, 0.3) is 90.1 Å². The minimum atomic E-state index is -0.0987. The van der Waals surface area contributed by atoms with Crippen molar-refractivity contribution in [1.82, 2.24) is 4.57 Å². The van der Waals surface area contributed by atoms with Crippen molar-refractivity contribution < 1.29 is 0 Å². The Bertz CT molecular complexity index is 4030. The highest BCUT2D eigenvalue weighted by Crippen LogP contribution is 2.52. The van der Waals surface area contributed by atoms with Crippen LogP contribution in [0.1, 0.15) is 103 Å². The van der Waals surface area contributed by atoms with Crippen LogP contribution in [0.3, 0.4) is 0 Å². The average molecular weight is 915 g/mol. The minimum Gasteiger partial charge on any atom is -0.355 e. The molecule has 0 unspecified atom stereocenters. The van der Waals surface area contributed by atoms with E-state index in [1.807, 2.05) is 22.7 Å². The lowest BCUT2D eigenvalue weighted by atomic mass is 9.58. The molecule has 8 aromatic carbocycles.